The number of carbonyl (C=O) groups is 8. The monoisotopic (exact) mass is 1710 g/mol. The van der Waals surface area contributed by atoms with Gasteiger partial charge in [-0.05, 0) is 213 Å². The fourth-order valence-electron chi connectivity index (χ4n) is 18.8. The largest absolute Gasteiger partial charge is 0.508 e. The van der Waals surface area contributed by atoms with E-state index < -0.39 is 216 Å². The number of aliphatic hydroxyl groups excluding tert-OH is 6. The lowest BCUT2D eigenvalue weighted by Crippen LogP contribution is -2.64. The number of halogens is 2. The summed E-state index contributed by atoms with van der Waals surface area (Å²) in [6.07, 6.45) is -14.8. The molecule has 7 heterocycles. The van der Waals surface area contributed by atoms with Gasteiger partial charge in [-0.1, -0.05) is 62.2 Å². The molecule has 642 valence electrons. The number of amides is 5. The Labute approximate surface area is 705 Å². The summed E-state index contributed by atoms with van der Waals surface area (Å²) in [6.45, 7) is 7.68. The molecule has 17 rings (SSSR count). The number of Topliss-reactive ketones (excluding diaryl/α,β-unsaturated/α-hetero) is 3. The average Bonchev–Trinajstić information content (AvgIpc) is 0.673. The van der Waals surface area contributed by atoms with E-state index in [1.807, 2.05) is 13.8 Å². The Balaban J connectivity index is 0.967. The van der Waals surface area contributed by atoms with Crippen LogP contribution in [0.25, 0.3) is 11.1 Å². The predicted octanol–water partition coefficient (Wildman–Crippen LogP) is 8.81. The van der Waals surface area contributed by atoms with Crippen molar-refractivity contribution in [1.82, 2.24) is 26.0 Å². The number of phenolic OH excluding ortho intramolecular Hbond substituents is 3. The van der Waals surface area contributed by atoms with E-state index in [2.05, 4.69) is 26.0 Å². The van der Waals surface area contributed by atoms with Gasteiger partial charge in [0.2, 0.25) is 41.6 Å². The topological polar surface area (TPSA) is 469 Å². The standard InChI is InChI=1S/C87H100Cl2N6O24S/c1-7-41(18-37(2)3)82(109)93-73-60(100)27-48(30-68(103)95-120-51-13-11-50(113-6)12-14-51)83(110)91-71-47-28-65(115-63-16-9-43(75(73)104)25-56(63)88)79(119-86-80(78(107)77(106)67(36-96)117-86)118-69-35-87(5,90)81(108)38(4)114-69)66(29-47)116-64-17-10-44(26-57(64)89)76(105)74-85(112)92-72(62(102)33-52-45-20-39-19-40(22-45)23-46(52)21-39)55-31-49(97)32-59(99)70(55)54-24-42(8-15-58(54)98)53(34-61(71)101)84(111)94-74/h8-17,24-26,28-29,31-32,37-41,45-46,48,52-53,67,69,71-78,80-81,86,96-99,104-108H,7,18-23,27,30,33-36,90H2,1-6H3,(H,91,110)(H,92,112)(H,93,109)(H,94,111)(H,95,103)/t38-,39?,40?,41-,45?,46?,48-,52?,53-,67+,69-,71+,72-,73-,74+,75+,76-,77-,78-,80-,81+,86-,87-/m0/s1. The Morgan fingerprint density at radius 2 is 1.34 bits per heavy atom. The Hall–Kier alpha value is -9.19. The fourth-order valence-corrected chi connectivity index (χ4v) is 19.8. The van der Waals surface area contributed by atoms with E-state index in [4.69, 9.17) is 62.1 Å². The second-order valence-electron chi connectivity index (χ2n) is 33.8. The van der Waals surface area contributed by atoms with Crippen LogP contribution in [0.1, 0.15) is 170 Å². The number of fused-ring (bicyclic) bond motifs is 15. The number of rotatable bonds is 18. The Bertz CT molecular complexity index is 4890. The number of nitrogens with two attached hydrogens (primary N) is 1. The van der Waals surface area contributed by atoms with Crippen molar-refractivity contribution in [1.29, 1.82) is 0 Å². The second-order valence-corrected chi connectivity index (χ2v) is 35.5. The number of hydrogen-bond donors (Lipinski definition) is 15. The fraction of sp³-hybridized carbons (Fsp3) is 0.494. The molecule has 5 amide bonds. The van der Waals surface area contributed by atoms with Crippen molar-refractivity contribution in [2.24, 2.45) is 53.1 Å². The molecule has 0 spiro atoms. The zero-order chi connectivity index (χ0) is 85.8. The van der Waals surface area contributed by atoms with Crippen molar-refractivity contribution in [2.45, 2.75) is 214 Å². The number of ketones is 3. The molecule has 6 aromatic rings. The number of hydrogen-bond acceptors (Lipinski definition) is 26. The molecule has 15 bridgehead atoms. The molecule has 7 aliphatic heterocycles. The van der Waals surface area contributed by atoms with Gasteiger partial charge in [-0.25, -0.2) is 0 Å². The lowest BCUT2D eigenvalue weighted by molar-refractivity contribution is -0.333. The van der Waals surface area contributed by atoms with Crippen molar-refractivity contribution in [3.8, 4) is 62.9 Å². The highest BCUT2D eigenvalue weighted by Gasteiger charge is 2.53. The molecule has 30 nitrogen and oxygen atoms in total. The van der Waals surface area contributed by atoms with Gasteiger partial charge < -0.3 is 106 Å². The molecule has 2 saturated heterocycles. The molecule has 11 aliphatic rings. The summed E-state index contributed by atoms with van der Waals surface area (Å²) < 4.78 is 47.3. The molecule has 6 aromatic carbocycles. The number of aromatic hydroxyl groups is 3. The van der Waals surface area contributed by atoms with E-state index in [1.54, 1.807) is 31.2 Å². The first-order valence-electron chi connectivity index (χ1n) is 40.5. The van der Waals surface area contributed by atoms with Gasteiger partial charge in [0.05, 0.1) is 47.8 Å². The number of aliphatic hydroxyl groups is 6. The van der Waals surface area contributed by atoms with Gasteiger partial charge in [0, 0.05) is 65.6 Å². The van der Waals surface area contributed by atoms with Crippen LogP contribution in [0.5, 0.6) is 51.7 Å². The number of benzene rings is 6. The molecule has 0 unspecified atom stereocenters. The lowest BCUT2D eigenvalue weighted by atomic mass is 9.51. The quantitative estimate of drug-likeness (QED) is 0.0357. The van der Waals surface area contributed by atoms with Crippen LogP contribution >= 0.6 is 35.1 Å². The van der Waals surface area contributed by atoms with Crippen LogP contribution in [0.2, 0.25) is 10.0 Å². The van der Waals surface area contributed by atoms with Gasteiger partial charge in [0.25, 0.3) is 0 Å². The molecule has 4 aliphatic carbocycles. The molecule has 4 saturated carbocycles. The number of phenols is 3. The van der Waals surface area contributed by atoms with Gasteiger partial charge in [0.1, 0.15) is 89.2 Å². The van der Waals surface area contributed by atoms with E-state index in [1.165, 1.54) is 69.5 Å². The third kappa shape index (κ3) is 18.5. The highest BCUT2D eigenvalue weighted by Crippen LogP contribution is 2.59. The van der Waals surface area contributed by atoms with Gasteiger partial charge in [-0.3, -0.25) is 43.1 Å². The third-order valence-electron chi connectivity index (χ3n) is 24.9. The van der Waals surface area contributed by atoms with Crippen LogP contribution in [-0.2, 0) is 52.6 Å². The Kier molecular flexibility index (Phi) is 26.2. The normalized spacial score (nSPS) is 31.3. The maximum absolute atomic E-state index is 16.7. The van der Waals surface area contributed by atoms with E-state index >= 15 is 28.8 Å². The molecule has 16 N–H and O–H groups in total. The summed E-state index contributed by atoms with van der Waals surface area (Å²) in [5.41, 5.74) is 3.76. The minimum absolute atomic E-state index is 0.0221. The van der Waals surface area contributed by atoms with Gasteiger partial charge in [-0.15, -0.1) is 0 Å². The number of methoxy groups -OCH3 is 1. The van der Waals surface area contributed by atoms with Crippen LogP contribution in [-0.4, -0.2) is 173 Å². The molecule has 18 atom stereocenters. The highest BCUT2D eigenvalue weighted by molar-refractivity contribution is 7.98. The maximum atomic E-state index is 16.7. The highest BCUT2D eigenvalue weighted by atomic mass is 35.5. The summed E-state index contributed by atoms with van der Waals surface area (Å²) in [6, 6.07) is 14.1. The van der Waals surface area contributed by atoms with Crippen LogP contribution in [0.15, 0.2) is 108 Å². The molecule has 6 fully saturated rings. The first-order chi connectivity index (χ1) is 57.1. The number of nitrogens with one attached hydrogen (secondary N) is 5. The van der Waals surface area contributed by atoms with Gasteiger partial charge >= 0.3 is 0 Å². The predicted molar refractivity (Wildman–Crippen MR) is 433 cm³/mol. The van der Waals surface area contributed by atoms with Gasteiger partial charge in [0.15, 0.2) is 41.2 Å². The SMILES string of the molecule is CC[C@@H](CC(C)C)C(=O)N[C@H]1C(=O)C[C@@H](CC(=O)NSc2ccc(OC)cc2)C(=O)N[C@H]2C(=O)C[C@@H]3C(=O)N[C@@H](C(=O)N[C@H](C(=O)CC4C5CC6CC(C5)CC4C6)c4cc(O)cc(O)c4-c4cc3ccc4O)[C@@H](O)c3ccc(c(Cl)c3)Oc3cc2cc(c3O[C@@H]2O[C@H](CO)[C@H](O)[C@H](O)[C@@H]2O[C@H]2C[C@](C)(N)[C@H](O)[C@H](C)O2)Oc2ccc(cc2Cl)[C@H]1O. The van der Waals surface area contributed by atoms with E-state index in [9.17, 15) is 55.5 Å². The zero-order valence-electron chi connectivity index (χ0n) is 66.7. The lowest BCUT2D eigenvalue weighted by Gasteiger charge is -2.54. The minimum atomic E-state index is -2.18. The van der Waals surface area contributed by atoms with E-state index in [0.29, 0.717) is 35.3 Å². The van der Waals surface area contributed by atoms with Crippen molar-refractivity contribution in [2.75, 3.05) is 13.7 Å². The summed E-state index contributed by atoms with van der Waals surface area (Å²) >= 11 is 15.4. The second kappa shape index (κ2) is 36.1. The third-order valence-corrected chi connectivity index (χ3v) is 26.3. The smallest absolute Gasteiger partial charge is 0.246 e. The first-order valence-corrected chi connectivity index (χ1v) is 42.1. The van der Waals surface area contributed by atoms with Crippen molar-refractivity contribution in [3.63, 3.8) is 0 Å². The minimum Gasteiger partial charge on any atom is -0.508 e. The van der Waals surface area contributed by atoms with Crippen LogP contribution < -0.4 is 50.7 Å². The maximum Gasteiger partial charge on any atom is 0.246 e. The average molecular weight is 1720 g/mol. The van der Waals surface area contributed by atoms with E-state index in [-0.39, 0.29) is 97.0 Å². The van der Waals surface area contributed by atoms with Gasteiger partial charge in [-0.2, -0.15) is 0 Å². The van der Waals surface area contributed by atoms with Crippen molar-refractivity contribution >= 4 is 82.0 Å². The first kappa shape index (κ1) is 87.2. The van der Waals surface area contributed by atoms with Crippen LogP contribution in [0, 0.1) is 47.3 Å². The summed E-state index contributed by atoms with van der Waals surface area (Å²) in [4.78, 5) is 126. The summed E-state index contributed by atoms with van der Waals surface area (Å²) in [5.74, 6) is -14.5. The van der Waals surface area contributed by atoms with Crippen molar-refractivity contribution < 1.29 is 117 Å². The Morgan fingerprint density at radius 3 is 1.95 bits per heavy atom. The number of ether oxygens (including phenoxy) is 7. The molecular formula is C87H100Cl2N6O24S. The molecule has 0 aromatic heterocycles. The molecular weight excluding hydrogens is 1620 g/mol. The Morgan fingerprint density at radius 1 is 0.700 bits per heavy atom. The summed E-state index contributed by atoms with van der Waals surface area (Å²) in [7, 11) is 1.47. The van der Waals surface area contributed by atoms with Crippen LogP contribution in [0.4, 0.5) is 0 Å². The number of carbonyl (C=O) groups excluding carboxylic acids is 8. The molecule has 33 heteroatoms. The van der Waals surface area contributed by atoms with Crippen molar-refractivity contribution in [3.05, 3.63) is 141 Å². The van der Waals surface area contributed by atoms with Crippen LogP contribution in [0.3, 0.4) is 0 Å². The zero-order valence-corrected chi connectivity index (χ0v) is 69.0. The van der Waals surface area contributed by atoms with E-state index in [0.717, 1.165) is 74.4 Å². The molecule has 0 radical (unpaired) electrons. The molecule has 120 heavy (non-hydrogen) atoms. The summed E-state index contributed by atoms with van der Waals surface area (Å²) in [5, 5.41) is 117.